The van der Waals surface area contributed by atoms with Crippen LogP contribution >= 0.6 is 11.3 Å². The van der Waals surface area contributed by atoms with E-state index in [0.29, 0.717) is 12.6 Å². The molecule has 4 nitrogen and oxygen atoms in total. The zero-order valence-electron chi connectivity index (χ0n) is 14.4. The number of hydrogen-bond donors (Lipinski definition) is 2. The van der Waals surface area contributed by atoms with Crippen molar-refractivity contribution in [2.75, 3.05) is 13.2 Å². The first-order chi connectivity index (χ1) is 12.3. The molecule has 1 saturated heterocycles. The minimum Gasteiger partial charge on any atom is -0.398 e. The Bertz CT molecular complexity index is 871. The number of para-hydroxylation sites is 1. The normalized spacial score (nSPS) is 20.5. The van der Waals surface area contributed by atoms with E-state index in [1.54, 1.807) is 11.3 Å². The molecule has 4 rings (SSSR count). The second kappa shape index (κ2) is 7.28. The zero-order valence-corrected chi connectivity index (χ0v) is 15.3. The minimum absolute atomic E-state index is 0.263. The fourth-order valence-electron chi connectivity index (χ4n) is 4.08. The number of nitrogens with two attached hydrogens (primary N) is 1. The Morgan fingerprint density at radius 1 is 1.28 bits per heavy atom. The van der Waals surface area contributed by atoms with E-state index in [-0.39, 0.29) is 6.61 Å². The van der Waals surface area contributed by atoms with Gasteiger partial charge in [0.15, 0.2) is 0 Å². The Hall–Kier alpha value is -1.69. The maximum atomic E-state index is 9.38. The van der Waals surface area contributed by atoms with Gasteiger partial charge in [-0.15, -0.1) is 11.3 Å². The van der Waals surface area contributed by atoms with E-state index in [9.17, 15) is 5.11 Å². The quantitative estimate of drug-likeness (QED) is 0.878. The Balaban J connectivity index is 1.73. The summed E-state index contributed by atoms with van der Waals surface area (Å²) in [5.74, 6) is 0. The molecule has 2 aliphatic heterocycles. The van der Waals surface area contributed by atoms with Gasteiger partial charge in [0.2, 0.25) is 0 Å². The lowest BCUT2D eigenvalue weighted by Crippen LogP contribution is -2.42. The van der Waals surface area contributed by atoms with Crippen LogP contribution in [0.15, 0.2) is 34.6 Å². The first kappa shape index (κ1) is 16.8. The van der Waals surface area contributed by atoms with Crippen LogP contribution in [0.5, 0.6) is 0 Å². The monoisotopic (exact) mass is 355 g/mol. The second-order valence-electron chi connectivity index (χ2n) is 6.93. The predicted molar refractivity (Wildman–Crippen MR) is 102 cm³/mol. The van der Waals surface area contributed by atoms with Crippen molar-refractivity contribution in [3.63, 3.8) is 0 Å². The number of rotatable bonds is 4. The first-order valence-electron chi connectivity index (χ1n) is 9.11. The summed E-state index contributed by atoms with van der Waals surface area (Å²) in [5, 5.41) is 13.6. The number of hydrogen-bond acceptors (Lipinski definition) is 5. The number of thiophene rings is 1. The molecule has 1 fully saturated rings. The van der Waals surface area contributed by atoms with Gasteiger partial charge in [0.1, 0.15) is 0 Å². The lowest BCUT2D eigenvalue weighted by atomic mass is 9.98. The lowest BCUT2D eigenvalue weighted by Gasteiger charge is -2.35. The molecule has 2 aromatic rings. The molecule has 1 unspecified atom stereocenters. The van der Waals surface area contributed by atoms with Gasteiger partial charge in [0.25, 0.3) is 0 Å². The molecule has 0 aliphatic carbocycles. The molecule has 0 spiro atoms. The highest BCUT2D eigenvalue weighted by Gasteiger charge is 2.22. The standard InChI is InChI=1S/C20H25N3OS/c21-19-16-8-11-25-18(16)12-22-20-14(4-3-6-17(19)20)13-23-9-2-1-5-15(23)7-10-24/h3-4,6,8,11,15,24H,1-2,5,7,9-10,12-13,21H2. The summed E-state index contributed by atoms with van der Waals surface area (Å²) in [7, 11) is 0. The maximum absolute atomic E-state index is 9.38. The maximum Gasteiger partial charge on any atom is 0.0747 e. The van der Waals surface area contributed by atoms with Gasteiger partial charge in [0.05, 0.1) is 11.9 Å². The molecule has 0 bridgehead atoms. The third-order valence-corrected chi connectivity index (χ3v) is 6.32. The fraction of sp³-hybridized carbons (Fsp3) is 0.450. The third kappa shape index (κ3) is 3.24. The number of piperidine rings is 1. The predicted octanol–water partition coefficient (Wildman–Crippen LogP) is 1.73. The smallest absolute Gasteiger partial charge is 0.0747 e. The highest BCUT2D eigenvalue weighted by Crippen LogP contribution is 2.23. The molecule has 0 amide bonds. The van der Waals surface area contributed by atoms with E-state index >= 15 is 0 Å². The number of likely N-dealkylation sites (tertiary alicyclic amines) is 1. The summed E-state index contributed by atoms with van der Waals surface area (Å²) in [6.07, 6.45) is 4.54. The molecule has 1 atom stereocenters. The van der Waals surface area contributed by atoms with Crippen molar-refractivity contribution < 1.29 is 5.11 Å². The number of fused-ring (bicyclic) bond motifs is 2. The average Bonchev–Trinajstić information content (AvgIpc) is 3.05. The number of nitrogens with zero attached hydrogens (tertiary/aromatic N) is 2. The molecule has 5 heteroatoms. The summed E-state index contributed by atoms with van der Waals surface area (Å²) in [6.45, 7) is 2.95. The summed E-state index contributed by atoms with van der Waals surface area (Å²) in [6, 6.07) is 8.95. The minimum atomic E-state index is 0.263. The molecule has 0 saturated carbocycles. The van der Waals surface area contributed by atoms with E-state index in [0.717, 1.165) is 41.3 Å². The molecule has 132 valence electrons. The molecule has 25 heavy (non-hydrogen) atoms. The first-order valence-corrected chi connectivity index (χ1v) is 9.99. The van der Waals surface area contributed by atoms with Gasteiger partial charge in [0, 0.05) is 40.5 Å². The number of aliphatic hydroxyl groups is 1. The van der Waals surface area contributed by atoms with E-state index in [1.165, 1.54) is 29.7 Å². The molecule has 1 aromatic carbocycles. The highest BCUT2D eigenvalue weighted by atomic mass is 32.1. The van der Waals surface area contributed by atoms with Crippen LogP contribution in [0.4, 0.5) is 0 Å². The van der Waals surface area contributed by atoms with Gasteiger partial charge in [-0.1, -0.05) is 24.6 Å². The zero-order chi connectivity index (χ0) is 17.2. The SMILES string of the molecule is NC1=c2cccc(CN3CCCCC3CCO)c2=NCc2sccc21. The van der Waals surface area contributed by atoms with Crippen LogP contribution in [-0.4, -0.2) is 29.2 Å². The van der Waals surface area contributed by atoms with Crippen LogP contribution in [-0.2, 0) is 13.1 Å². The molecule has 1 aromatic heterocycles. The Labute approximate surface area is 152 Å². The topological polar surface area (TPSA) is 61.8 Å². The molecule has 3 heterocycles. The van der Waals surface area contributed by atoms with Gasteiger partial charge in [-0.25, -0.2) is 0 Å². The van der Waals surface area contributed by atoms with Gasteiger partial charge in [-0.2, -0.15) is 0 Å². The van der Waals surface area contributed by atoms with Crippen molar-refractivity contribution in [3.05, 3.63) is 56.2 Å². The Morgan fingerprint density at radius 2 is 2.20 bits per heavy atom. The van der Waals surface area contributed by atoms with Gasteiger partial charge in [-0.05, 0) is 42.8 Å². The van der Waals surface area contributed by atoms with Crippen molar-refractivity contribution in [1.29, 1.82) is 0 Å². The van der Waals surface area contributed by atoms with Crippen LogP contribution < -0.4 is 16.3 Å². The molecule has 2 aliphatic rings. The van der Waals surface area contributed by atoms with E-state index < -0.39 is 0 Å². The average molecular weight is 356 g/mol. The van der Waals surface area contributed by atoms with Crippen molar-refractivity contribution >= 4 is 17.0 Å². The number of benzene rings is 1. The van der Waals surface area contributed by atoms with Crippen molar-refractivity contribution in [2.45, 2.75) is 44.8 Å². The highest BCUT2D eigenvalue weighted by molar-refractivity contribution is 7.10. The Morgan fingerprint density at radius 3 is 3.08 bits per heavy atom. The lowest BCUT2D eigenvalue weighted by molar-refractivity contribution is 0.112. The molecular formula is C20H25N3OS. The van der Waals surface area contributed by atoms with Crippen molar-refractivity contribution in [2.24, 2.45) is 10.7 Å². The van der Waals surface area contributed by atoms with Gasteiger partial charge in [-0.3, -0.25) is 9.89 Å². The van der Waals surface area contributed by atoms with Crippen molar-refractivity contribution in [1.82, 2.24) is 4.90 Å². The molecular weight excluding hydrogens is 330 g/mol. The molecule has 0 radical (unpaired) electrons. The van der Waals surface area contributed by atoms with Crippen LogP contribution in [0.25, 0.3) is 5.70 Å². The molecule has 3 N–H and O–H groups in total. The van der Waals surface area contributed by atoms with Crippen LogP contribution in [0.1, 0.15) is 41.7 Å². The number of aliphatic hydroxyl groups excluding tert-OH is 1. The van der Waals surface area contributed by atoms with Gasteiger partial charge >= 0.3 is 0 Å². The summed E-state index contributed by atoms with van der Waals surface area (Å²) in [5.41, 5.74) is 9.73. The summed E-state index contributed by atoms with van der Waals surface area (Å²) < 4.78 is 0. The largest absolute Gasteiger partial charge is 0.398 e. The summed E-state index contributed by atoms with van der Waals surface area (Å²) in [4.78, 5) is 8.68. The Kier molecular flexibility index (Phi) is 4.88. The van der Waals surface area contributed by atoms with Crippen LogP contribution in [0.3, 0.4) is 0 Å². The van der Waals surface area contributed by atoms with E-state index in [4.69, 9.17) is 10.7 Å². The second-order valence-corrected chi connectivity index (χ2v) is 7.93. The fourth-order valence-corrected chi connectivity index (χ4v) is 4.90. The van der Waals surface area contributed by atoms with Crippen molar-refractivity contribution in [3.8, 4) is 0 Å². The van der Waals surface area contributed by atoms with E-state index in [2.05, 4.69) is 34.5 Å². The van der Waals surface area contributed by atoms with E-state index in [1.807, 2.05) is 0 Å². The van der Waals surface area contributed by atoms with Crippen LogP contribution in [0.2, 0.25) is 0 Å². The summed E-state index contributed by atoms with van der Waals surface area (Å²) >= 11 is 1.73. The third-order valence-electron chi connectivity index (χ3n) is 5.41. The van der Waals surface area contributed by atoms with Gasteiger partial charge < -0.3 is 10.8 Å². The van der Waals surface area contributed by atoms with Crippen LogP contribution in [0, 0.1) is 0 Å².